The highest BCUT2D eigenvalue weighted by molar-refractivity contribution is 7.71. The molecule has 0 amide bonds. The maximum absolute atomic E-state index is 5.84. The number of hydrogen-bond acceptors (Lipinski definition) is 6. The van der Waals surface area contributed by atoms with Crippen molar-refractivity contribution in [1.82, 2.24) is 29.2 Å². The summed E-state index contributed by atoms with van der Waals surface area (Å²) in [5, 5.41) is 6.21. The Morgan fingerprint density at radius 2 is 1.87 bits per heavy atom. The SMILES string of the molecule is S=c1n(CN2CCC(c3nc4ccccc4s3)CC2)nc(-c2cccnc2)n1C1CC1. The summed E-state index contributed by atoms with van der Waals surface area (Å²) >= 11 is 7.69. The van der Waals surface area contributed by atoms with Gasteiger partial charge < -0.3 is 0 Å². The lowest BCUT2D eigenvalue weighted by Crippen LogP contribution is -2.34. The van der Waals surface area contributed by atoms with Crippen LogP contribution in [0.2, 0.25) is 0 Å². The van der Waals surface area contributed by atoms with Crippen LogP contribution in [-0.4, -0.2) is 42.3 Å². The summed E-state index contributed by atoms with van der Waals surface area (Å²) in [6, 6.07) is 13.0. The smallest absolute Gasteiger partial charge is 0.199 e. The van der Waals surface area contributed by atoms with E-state index in [1.54, 1.807) is 6.20 Å². The van der Waals surface area contributed by atoms with Gasteiger partial charge in [0.1, 0.15) is 0 Å². The lowest BCUT2D eigenvalue weighted by atomic mass is 9.98. The zero-order chi connectivity index (χ0) is 20.8. The van der Waals surface area contributed by atoms with Gasteiger partial charge >= 0.3 is 0 Å². The summed E-state index contributed by atoms with van der Waals surface area (Å²) in [6.45, 7) is 2.83. The molecule has 4 heterocycles. The average molecular weight is 449 g/mol. The lowest BCUT2D eigenvalue weighted by molar-refractivity contribution is 0.160. The van der Waals surface area contributed by atoms with Crippen LogP contribution >= 0.6 is 23.6 Å². The van der Waals surface area contributed by atoms with Crippen LogP contribution < -0.4 is 0 Å². The van der Waals surface area contributed by atoms with E-state index in [0.29, 0.717) is 12.0 Å². The summed E-state index contributed by atoms with van der Waals surface area (Å²) in [4.78, 5) is 11.6. The van der Waals surface area contributed by atoms with E-state index in [1.807, 2.05) is 28.3 Å². The fourth-order valence-corrected chi connectivity index (χ4v) is 5.91. The van der Waals surface area contributed by atoms with Crippen LogP contribution in [0.15, 0.2) is 48.8 Å². The highest BCUT2D eigenvalue weighted by atomic mass is 32.1. The second-order valence-electron chi connectivity index (χ2n) is 8.50. The molecule has 2 fully saturated rings. The molecule has 1 saturated heterocycles. The lowest BCUT2D eigenvalue weighted by Gasteiger charge is -2.30. The molecule has 31 heavy (non-hydrogen) atoms. The van der Waals surface area contributed by atoms with Gasteiger partial charge in [-0.05, 0) is 62.2 Å². The van der Waals surface area contributed by atoms with Crippen LogP contribution in [0, 0.1) is 4.77 Å². The van der Waals surface area contributed by atoms with Gasteiger partial charge in [0.05, 0.1) is 21.9 Å². The maximum atomic E-state index is 5.84. The third kappa shape index (κ3) is 3.73. The van der Waals surface area contributed by atoms with Crippen molar-refractivity contribution in [1.29, 1.82) is 0 Å². The van der Waals surface area contributed by atoms with Crippen molar-refractivity contribution < 1.29 is 0 Å². The molecule has 0 N–H and O–H groups in total. The van der Waals surface area contributed by atoms with Crippen molar-refractivity contribution in [3.63, 3.8) is 0 Å². The molecule has 1 saturated carbocycles. The Bertz CT molecular complexity index is 1230. The highest BCUT2D eigenvalue weighted by Crippen LogP contribution is 2.39. The van der Waals surface area contributed by atoms with E-state index < -0.39 is 0 Å². The maximum Gasteiger partial charge on any atom is 0.199 e. The minimum Gasteiger partial charge on any atom is -0.297 e. The quantitative estimate of drug-likeness (QED) is 0.390. The first-order valence-electron chi connectivity index (χ1n) is 10.9. The van der Waals surface area contributed by atoms with Crippen molar-refractivity contribution in [2.45, 2.75) is 44.3 Å². The predicted octanol–water partition coefficient (Wildman–Crippen LogP) is 5.26. The molecule has 158 valence electrons. The average Bonchev–Trinajstić information content (AvgIpc) is 3.47. The summed E-state index contributed by atoms with van der Waals surface area (Å²) in [5.74, 6) is 1.50. The molecule has 0 unspecified atom stereocenters. The Labute approximate surface area is 190 Å². The first-order valence-corrected chi connectivity index (χ1v) is 12.2. The molecule has 0 bridgehead atoms. The third-order valence-electron chi connectivity index (χ3n) is 6.28. The highest BCUT2D eigenvalue weighted by Gasteiger charge is 2.30. The van der Waals surface area contributed by atoms with Crippen LogP contribution in [0.5, 0.6) is 0 Å². The van der Waals surface area contributed by atoms with Gasteiger partial charge in [0.2, 0.25) is 0 Å². The minimum absolute atomic E-state index is 0.487. The van der Waals surface area contributed by atoms with E-state index in [-0.39, 0.29) is 0 Å². The normalized spacial score (nSPS) is 18.1. The van der Waals surface area contributed by atoms with Crippen LogP contribution in [0.1, 0.15) is 42.7 Å². The molecule has 1 aliphatic heterocycles. The van der Waals surface area contributed by atoms with Crippen molar-refractivity contribution in [3.8, 4) is 11.4 Å². The molecule has 1 aromatic carbocycles. The topological polar surface area (TPSA) is 51.8 Å². The van der Waals surface area contributed by atoms with Gasteiger partial charge in [-0.1, -0.05) is 12.1 Å². The van der Waals surface area contributed by atoms with Gasteiger partial charge in [-0.2, -0.15) is 5.10 Å². The first kappa shape index (κ1) is 19.3. The molecule has 2 aliphatic rings. The number of nitrogens with zero attached hydrogens (tertiary/aromatic N) is 6. The Hall–Kier alpha value is -2.42. The number of aromatic nitrogens is 5. The molecule has 0 atom stereocenters. The van der Waals surface area contributed by atoms with E-state index in [0.717, 1.165) is 54.3 Å². The summed E-state index contributed by atoms with van der Waals surface area (Å²) in [6.07, 6.45) is 8.30. The number of hydrogen-bond donors (Lipinski definition) is 0. The Balaban J connectivity index is 1.19. The Morgan fingerprint density at radius 3 is 2.61 bits per heavy atom. The van der Waals surface area contributed by atoms with Gasteiger partial charge in [0, 0.05) is 43.0 Å². The van der Waals surface area contributed by atoms with Crippen LogP contribution in [0.4, 0.5) is 0 Å². The Kier molecular flexibility index (Phi) is 4.93. The third-order valence-corrected chi connectivity index (χ3v) is 7.89. The van der Waals surface area contributed by atoms with Crippen molar-refractivity contribution >= 4 is 33.8 Å². The number of fused-ring (bicyclic) bond motifs is 1. The molecule has 1 aliphatic carbocycles. The summed E-state index contributed by atoms with van der Waals surface area (Å²) < 4.78 is 6.36. The van der Waals surface area contributed by atoms with Crippen molar-refractivity contribution in [2.24, 2.45) is 0 Å². The number of rotatable bonds is 5. The molecule has 4 aromatic rings. The van der Waals surface area contributed by atoms with E-state index >= 15 is 0 Å². The number of pyridine rings is 1. The molecular weight excluding hydrogens is 424 g/mol. The fourth-order valence-electron chi connectivity index (χ4n) is 4.44. The van der Waals surface area contributed by atoms with Crippen LogP contribution in [-0.2, 0) is 6.67 Å². The second kappa shape index (κ2) is 7.93. The molecule has 0 radical (unpaired) electrons. The number of para-hydroxylation sites is 1. The largest absolute Gasteiger partial charge is 0.297 e. The van der Waals surface area contributed by atoms with E-state index in [4.69, 9.17) is 22.3 Å². The van der Waals surface area contributed by atoms with Crippen molar-refractivity contribution in [2.75, 3.05) is 13.1 Å². The second-order valence-corrected chi connectivity index (χ2v) is 9.93. The summed E-state index contributed by atoms with van der Waals surface area (Å²) in [7, 11) is 0. The predicted molar refractivity (Wildman–Crippen MR) is 126 cm³/mol. The number of benzene rings is 1. The van der Waals surface area contributed by atoms with Crippen LogP contribution in [0.3, 0.4) is 0 Å². The number of thiazole rings is 1. The van der Waals surface area contributed by atoms with Gasteiger partial charge in [0.15, 0.2) is 10.6 Å². The molecule has 0 spiro atoms. The standard InChI is InChI=1S/C23H24N6S2/c30-23-28(26-21(29(23)18-7-8-18)17-4-3-11-24-14-17)15-27-12-9-16(10-13-27)22-25-19-5-1-2-6-20(19)31-22/h1-6,11,14,16,18H,7-10,12-13,15H2. The van der Waals surface area contributed by atoms with Gasteiger partial charge in [-0.3, -0.25) is 14.5 Å². The fraction of sp³-hybridized carbons (Fsp3) is 0.391. The molecule has 6 rings (SSSR count). The van der Waals surface area contributed by atoms with Gasteiger partial charge in [0.25, 0.3) is 0 Å². The van der Waals surface area contributed by atoms with Gasteiger partial charge in [-0.25, -0.2) is 9.67 Å². The number of piperidine rings is 1. The summed E-state index contributed by atoms with van der Waals surface area (Å²) in [5.41, 5.74) is 2.17. The van der Waals surface area contributed by atoms with E-state index in [1.165, 1.54) is 22.5 Å². The van der Waals surface area contributed by atoms with Crippen LogP contribution in [0.25, 0.3) is 21.6 Å². The Morgan fingerprint density at radius 1 is 1.03 bits per heavy atom. The van der Waals surface area contributed by atoms with Crippen molar-refractivity contribution in [3.05, 3.63) is 58.6 Å². The zero-order valence-electron chi connectivity index (χ0n) is 17.2. The minimum atomic E-state index is 0.487. The molecule has 6 nitrogen and oxygen atoms in total. The van der Waals surface area contributed by atoms with Gasteiger partial charge in [-0.15, -0.1) is 11.3 Å². The van der Waals surface area contributed by atoms with E-state index in [9.17, 15) is 0 Å². The number of likely N-dealkylation sites (tertiary alicyclic amines) is 1. The van der Waals surface area contributed by atoms with E-state index in [2.05, 4.69) is 44.8 Å². The zero-order valence-corrected chi connectivity index (χ0v) is 18.9. The molecule has 8 heteroatoms. The molecule has 3 aromatic heterocycles. The molecular formula is C23H24N6S2. The first-order chi connectivity index (χ1) is 15.3. The monoisotopic (exact) mass is 448 g/mol.